The number of unbranched alkanes of at least 4 members (excludes halogenated alkanes) is 1. The van der Waals surface area contributed by atoms with Gasteiger partial charge in [-0.2, -0.15) is 0 Å². The maximum Gasteiger partial charge on any atom is -0.0231 e. The molecule has 0 nitrogen and oxygen atoms in total. The lowest BCUT2D eigenvalue weighted by atomic mass is 10.1. The van der Waals surface area contributed by atoms with Crippen LogP contribution in [0.1, 0.15) is 33.1 Å². The summed E-state index contributed by atoms with van der Waals surface area (Å²) in [7, 11) is 0. The predicted octanol–water partition coefficient (Wildman–Crippen LogP) is 3.11. The van der Waals surface area contributed by atoms with Crippen molar-refractivity contribution < 1.29 is 0 Å². The van der Waals surface area contributed by atoms with E-state index in [4.69, 9.17) is 0 Å². The third-order valence-electron chi connectivity index (χ3n) is 1.29. The molecule has 0 unspecified atom stereocenters. The number of allylic oxidation sites excluding steroid dienone is 3. The summed E-state index contributed by atoms with van der Waals surface area (Å²) >= 11 is 0. The standard InChI is InChI=1S/C9H15/c1-4-7-8-9(5-2)6-3/h8H,2,4,6-7H2,1,3H3. The van der Waals surface area contributed by atoms with Crippen molar-refractivity contribution in [1.29, 1.82) is 0 Å². The Hall–Kier alpha value is -0.520. The molecule has 0 heteroatoms. The lowest BCUT2D eigenvalue weighted by molar-refractivity contribution is 0.940. The van der Waals surface area contributed by atoms with E-state index < -0.39 is 0 Å². The minimum atomic E-state index is 1.06. The molecule has 0 rings (SSSR count). The zero-order valence-electron chi connectivity index (χ0n) is 6.41. The van der Waals surface area contributed by atoms with Crippen molar-refractivity contribution in [2.24, 2.45) is 0 Å². The highest BCUT2D eigenvalue weighted by atomic mass is 13.9. The van der Waals surface area contributed by atoms with Crippen LogP contribution in [0.2, 0.25) is 0 Å². The molecule has 9 heavy (non-hydrogen) atoms. The Labute approximate surface area is 58.3 Å². The fourth-order valence-corrected chi connectivity index (χ4v) is 0.660. The van der Waals surface area contributed by atoms with Gasteiger partial charge in [0.25, 0.3) is 0 Å². The molecule has 0 bridgehead atoms. The highest BCUT2D eigenvalue weighted by Crippen LogP contribution is 2.02. The van der Waals surface area contributed by atoms with E-state index in [2.05, 4.69) is 32.6 Å². The van der Waals surface area contributed by atoms with E-state index in [0.29, 0.717) is 0 Å². The molecule has 51 valence electrons. The maximum absolute atomic E-state index is 3.59. The van der Waals surface area contributed by atoms with Gasteiger partial charge >= 0.3 is 0 Å². The molecule has 0 aromatic carbocycles. The third-order valence-corrected chi connectivity index (χ3v) is 1.29. The van der Waals surface area contributed by atoms with Gasteiger partial charge in [0.15, 0.2) is 0 Å². The molecule has 0 aliphatic rings. The maximum atomic E-state index is 3.59. The molecular weight excluding hydrogens is 108 g/mol. The average molecular weight is 123 g/mol. The molecule has 0 saturated heterocycles. The van der Waals surface area contributed by atoms with Gasteiger partial charge in [-0.15, -0.1) is 0 Å². The van der Waals surface area contributed by atoms with Crippen LogP contribution in [0.15, 0.2) is 18.2 Å². The minimum Gasteiger partial charge on any atom is -0.0909 e. The van der Waals surface area contributed by atoms with Crippen LogP contribution in [0.4, 0.5) is 0 Å². The van der Waals surface area contributed by atoms with Crippen molar-refractivity contribution in [2.45, 2.75) is 33.1 Å². The van der Waals surface area contributed by atoms with E-state index in [1.54, 1.807) is 0 Å². The summed E-state index contributed by atoms with van der Waals surface area (Å²) in [6, 6.07) is 0. The summed E-state index contributed by atoms with van der Waals surface area (Å²) in [4.78, 5) is 0. The summed E-state index contributed by atoms with van der Waals surface area (Å²) in [6.07, 6.45) is 8.53. The molecule has 1 radical (unpaired) electrons. The van der Waals surface area contributed by atoms with Gasteiger partial charge in [0, 0.05) is 0 Å². The number of hydrogen-bond acceptors (Lipinski definition) is 0. The largest absolute Gasteiger partial charge is 0.0909 e. The molecule has 0 saturated carbocycles. The van der Waals surface area contributed by atoms with Crippen molar-refractivity contribution in [3.05, 3.63) is 24.3 Å². The molecule has 0 aliphatic carbocycles. The average Bonchev–Trinajstić information content (AvgIpc) is 1.91. The number of hydrogen-bond donors (Lipinski definition) is 0. The summed E-state index contributed by atoms with van der Waals surface area (Å²) in [5.74, 6) is 0. The first kappa shape index (κ1) is 8.48. The second kappa shape index (κ2) is 5.61. The van der Waals surface area contributed by atoms with Gasteiger partial charge in [-0.1, -0.05) is 32.9 Å². The minimum absolute atomic E-state index is 1.06. The molecule has 0 N–H and O–H groups in total. The van der Waals surface area contributed by atoms with E-state index in [1.165, 1.54) is 12.0 Å². The van der Waals surface area contributed by atoms with Crippen molar-refractivity contribution in [1.82, 2.24) is 0 Å². The summed E-state index contributed by atoms with van der Waals surface area (Å²) < 4.78 is 0. The second-order valence-corrected chi connectivity index (χ2v) is 2.05. The molecule has 0 spiro atoms. The van der Waals surface area contributed by atoms with Gasteiger partial charge in [0.2, 0.25) is 0 Å². The molecule has 0 atom stereocenters. The Morgan fingerprint density at radius 1 is 1.56 bits per heavy atom. The Bertz CT molecular complexity index is 98.6. The van der Waals surface area contributed by atoms with E-state index in [9.17, 15) is 0 Å². The van der Waals surface area contributed by atoms with Crippen LogP contribution in [0.3, 0.4) is 0 Å². The molecule has 0 fully saturated rings. The van der Waals surface area contributed by atoms with Crippen molar-refractivity contribution in [2.75, 3.05) is 0 Å². The van der Waals surface area contributed by atoms with Crippen LogP contribution in [-0.2, 0) is 0 Å². The lowest BCUT2D eigenvalue weighted by Crippen LogP contribution is -1.73. The normalized spacial score (nSPS) is 11.6. The van der Waals surface area contributed by atoms with Gasteiger partial charge < -0.3 is 0 Å². The zero-order valence-corrected chi connectivity index (χ0v) is 6.41. The molecule has 0 amide bonds. The fraction of sp³-hybridized carbons (Fsp3) is 0.556. The van der Waals surface area contributed by atoms with Crippen LogP contribution < -0.4 is 0 Å². The monoisotopic (exact) mass is 123 g/mol. The summed E-state index contributed by atoms with van der Waals surface area (Å²) in [6.45, 7) is 7.89. The van der Waals surface area contributed by atoms with Crippen LogP contribution in [0, 0.1) is 6.08 Å². The van der Waals surface area contributed by atoms with Gasteiger partial charge in [0.05, 0.1) is 0 Å². The molecular formula is C9H15. The lowest BCUT2D eigenvalue weighted by Gasteiger charge is -1.92. The third kappa shape index (κ3) is 4.01. The SMILES string of the molecule is C=[C]C(=CCCC)CC. The highest BCUT2D eigenvalue weighted by Gasteiger charge is 1.83. The Balaban J connectivity index is 3.61. The van der Waals surface area contributed by atoms with Crippen LogP contribution >= 0.6 is 0 Å². The molecule has 0 aromatic rings. The van der Waals surface area contributed by atoms with Crippen molar-refractivity contribution in [3.63, 3.8) is 0 Å². The Morgan fingerprint density at radius 2 is 2.22 bits per heavy atom. The van der Waals surface area contributed by atoms with Crippen LogP contribution in [0.5, 0.6) is 0 Å². The number of rotatable bonds is 4. The quantitative estimate of drug-likeness (QED) is 0.504. The van der Waals surface area contributed by atoms with Crippen LogP contribution in [0.25, 0.3) is 0 Å². The summed E-state index contributed by atoms with van der Waals surface area (Å²) in [5, 5.41) is 0. The van der Waals surface area contributed by atoms with E-state index >= 15 is 0 Å². The Kier molecular flexibility index (Phi) is 5.29. The first-order valence-corrected chi connectivity index (χ1v) is 3.57. The van der Waals surface area contributed by atoms with E-state index in [-0.39, 0.29) is 0 Å². The van der Waals surface area contributed by atoms with E-state index in [0.717, 1.165) is 12.8 Å². The van der Waals surface area contributed by atoms with Gasteiger partial charge in [-0.05, 0) is 24.5 Å². The second-order valence-electron chi connectivity index (χ2n) is 2.05. The molecule has 0 heterocycles. The van der Waals surface area contributed by atoms with Crippen molar-refractivity contribution in [3.8, 4) is 0 Å². The van der Waals surface area contributed by atoms with Gasteiger partial charge in [-0.25, -0.2) is 0 Å². The Morgan fingerprint density at radius 3 is 2.56 bits per heavy atom. The first-order chi connectivity index (χ1) is 4.35. The zero-order chi connectivity index (χ0) is 7.11. The highest BCUT2D eigenvalue weighted by molar-refractivity contribution is 5.09. The van der Waals surface area contributed by atoms with Gasteiger partial charge in [-0.3, -0.25) is 0 Å². The topological polar surface area (TPSA) is 0 Å². The van der Waals surface area contributed by atoms with E-state index in [1.807, 2.05) is 0 Å². The fourth-order valence-electron chi connectivity index (χ4n) is 0.660. The molecule has 0 aromatic heterocycles. The smallest absolute Gasteiger partial charge is 0.0231 e. The van der Waals surface area contributed by atoms with Crippen LogP contribution in [-0.4, -0.2) is 0 Å². The predicted molar refractivity (Wildman–Crippen MR) is 42.2 cm³/mol. The van der Waals surface area contributed by atoms with Crippen molar-refractivity contribution >= 4 is 0 Å². The summed E-state index contributed by atoms with van der Waals surface area (Å²) in [5.41, 5.74) is 1.25. The first-order valence-electron chi connectivity index (χ1n) is 3.57. The van der Waals surface area contributed by atoms with Gasteiger partial charge in [0.1, 0.15) is 0 Å². The molecule has 0 aliphatic heterocycles.